The fraction of sp³-hybridized carbons (Fsp3) is 1.00. The molecule has 0 aliphatic carbocycles. The number of nitrogens with two attached hydrogens (primary N) is 2. The van der Waals surface area contributed by atoms with Gasteiger partial charge in [0.1, 0.15) is 0 Å². The molecule has 2 atom stereocenters. The third-order valence-electron chi connectivity index (χ3n) is 1.82. The molecule has 0 radical (unpaired) electrons. The molecule has 16 heavy (non-hydrogen) atoms. The molecule has 4 nitrogen and oxygen atoms in total. The van der Waals surface area contributed by atoms with Gasteiger partial charge in [0.05, 0.1) is 0 Å². The predicted octanol–water partition coefficient (Wildman–Crippen LogP) is 0.547. The quantitative estimate of drug-likeness (QED) is 0.517. The van der Waals surface area contributed by atoms with E-state index in [-0.39, 0.29) is 49.6 Å². The standard InChI is InChI=1S/C8H22N4.4ClH/c1-7(5-9)11-3-4-12-8(2)6-10;;;;/h7-8,11-12H,3-6,9-10H2,1-2H3;4*1H/t7-,8-;;;;/m0..../s1. The molecule has 0 unspecified atom stereocenters. The van der Waals surface area contributed by atoms with Gasteiger partial charge in [-0.3, -0.25) is 0 Å². The van der Waals surface area contributed by atoms with E-state index in [0.717, 1.165) is 13.1 Å². The van der Waals surface area contributed by atoms with Crippen LogP contribution in [0.3, 0.4) is 0 Å². The van der Waals surface area contributed by atoms with Gasteiger partial charge in [0.25, 0.3) is 0 Å². The first-order chi connectivity index (χ1) is 5.70. The summed E-state index contributed by atoms with van der Waals surface area (Å²) in [6.45, 7) is 7.42. The van der Waals surface area contributed by atoms with Gasteiger partial charge in [-0.15, -0.1) is 49.6 Å². The summed E-state index contributed by atoms with van der Waals surface area (Å²) in [5.74, 6) is 0. The molecule has 0 heterocycles. The molecule has 106 valence electrons. The van der Waals surface area contributed by atoms with Crippen molar-refractivity contribution in [2.75, 3.05) is 26.2 Å². The smallest absolute Gasteiger partial charge is 0.0162 e. The molecule has 0 saturated carbocycles. The average molecular weight is 320 g/mol. The Kier molecular flexibility index (Phi) is 40.2. The van der Waals surface area contributed by atoms with Crippen LogP contribution in [0.2, 0.25) is 0 Å². The van der Waals surface area contributed by atoms with Crippen molar-refractivity contribution in [2.24, 2.45) is 11.5 Å². The SMILES string of the molecule is C[C@@H](CN)NCCN[C@@H](C)CN.Cl.Cl.Cl.Cl. The summed E-state index contributed by atoms with van der Waals surface area (Å²) < 4.78 is 0. The van der Waals surface area contributed by atoms with E-state index in [9.17, 15) is 0 Å². The van der Waals surface area contributed by atoms with Crippen LogP contribution in [0, 0.1) is 0 Å². The molecule has 0 fully saturated rings. The number of rotatable bonds is 7. The first kappa shape index (κ1) is 30.2. The predicted molar refractivity (Wildman–Crippen MR) is 82.0 cm³/mol. The number of nitrogens with one attached hydrogen (secondary N) is 2. The monoisotopic (exact) mass is 318 g/mol. The molecule has 0 aromatic rings. The van der Waals surface area contributed by atoms with Crippen molar-refractivity contribution in [3.8, 4) is 0 Å². The molecule has 0 rings (SSSR count). The Morgan fingerprint density at radius 2 is 1.00 bits per heavy atom. The lowest BCUT2D eigenvalue weighted by molar-refractivity contribution is 0.500. The third kappa shape index (κ3) is 20.4. The number of halogens is 4. The summed E-state index contributed by atoms with van der Waals surface area (Å²) in [5.41, 5.74) is 10.9. The van der Waals surface area contributed by atoms with Gasteiger partial charge in [-0.25, -0.2) is 0 Å². The highest BCUT2D eigenvalue weighted by atomic mass is 35.5. The molecule has 0 amide bonds. The van der Waals surface area contributed by atoms with Crippen molar-refractivity contribution in [1.82, 2.24) is 10.6 Å². The molecule has 8 heteroatoms. The fourth-order valence-corrected chi connectivity index (χ4v) is 0.804. The van der Waals surface area contributed by atoms with Crippen LogP contribution in [-0.4, -0.2) is 38.3 Å². The summed E-state index contributed by atoms with van der Waals surface area (Å²) in [5, 5.41) is 6.57. The lowest BCUT2D eigenvalue weighted by Gasteiger charge is -2.14. The van der Waals surface area contributed by atoms with Gasteiger partial charge in [-0.05, 0) is 13.8 Å². The number of hydrogen-bond acceptors (Lipinski definition) is 4. The Hall–Kier alpha value is 1.00. The molecule has 0 bridgehead atoms. The molecular weight excluding hydrogens is 294 g/mol. The van der Waals surface area contributed by atoms with Crippen molar-refractivity contribution < 1.29 is 0 Å². The Morgan fingerprint density at radius 3 is 1.19 bits per heavy atom. The van der Waals surface area contributed by atoms with Crippen molar-refractivity contribution >= 4 is 49.6 Å². The van der Waals surface area contributed by atoms with Crippen molar-refractivity contribution in [2.45, 2.75) is 25.9 Å². The van der Waals surface area contributed by atoms with Crippen LogP contribution in [0.15, 0.2) is 0 Å². The van der Waals surface area contributed by atoms with E-state index in [2.05, 4.69) is 24.5 Å². The molecule has 0 spiro atoms. The largest absolute Gasteiger partial charge is 0.329 e. The van der Waals surface area contributed by atoms with Crippen LogP contribution in [0.5, 0.6) is 0 Å². The van der Waals surface area contributed by atoms with Gasteiger partial charge >= 0.3 is 0 Å². The van der Waals surface area contributed by atoms with Crippen LogP contribution < -0.4 is 22.1 Å². The lowest BCUT2D eigenvalue weighted by atomic mass is 10.3. The van der Waals surface area contributed by atoms with E-state index in [1.807, 2.05) is 0 Å². The summed E-state index contributed by atoms with van der Waals surface area (Å²) in [6.07, 6.45) is 0. The highest BCUT2D eigenvalue weighted by molar-refractivity contribution is 5.86. The second kappa shape index (κ2) is 21.3. The third-order valence-corrected chi connectivity index (χ3v) is 1.82. The van der Waals surface area contributed by atoms with Crippen LogP contribution >= 0.6 is 49.6 Å². The van der Waals surface area contributed by atoms with Gasteiger partial charge < -0.3 is 22.1 Å². The van der Waals surface area contributed by atoms with Crippen molar-refractivity contribution in [1.29, 1.82) is 0 Å². The first-order valence-corrected chi connectivity index (χ1v) is 4.57. The Bertz CT molecular complexity index is 98.0. The van der Waals surface area contributed by atoms with Crippen molar-refractivity contribution in [3.63, 3.8) is 0 Å². The summed E-state index contributed by atoms with van der Waals surface area (Å²) in [6, 6.07) is 0.806. The minimum Gasteiger partial charge on any atom is -0.329 e. The molecule has 6 N–H and O–H groups in total. The van der Waals surface area contributed by atoms with Gasteiger partial charge in [-0.2, -0.15) is 0 Å². The van der Waals surface area contributed by atoms with Crippen LogP contribution in [0.25, 0.3) is 0 Å². The molecule has 0 aliphatic heterocycles. The normalized spacial score (nSPS) is 12.0. The Balaban J connectivity index is -0.000000101. The van der Waals surface area contributed by atoms with E-state index < -0.39 is 0 Å². The Morgan fingerprint density at radius 1 is 0.750 bits per heavy atom. The lowest BCUT2D eigenvalue weighted by Crippen LogP contribution is -2.41. The first-order valence-electron chi connectivity index (χ1n) is 4.57. The minimum absolute atomic E-state index is 0. The summed E-state index contributed by atoms with van der Waals surface area (Å²) in [4.78, 5) is 0. The maximum atomic E-state index is 5.44. The molecular formula is C8H26Cl4N4. The van der Waals surface area contributed by atoms with E-state index >= 15 is 0 Å². The molecule has 0 aliphatic rings. The fourth-order valence-electron chi connectivity index (χ4n) is 0.804. The molecule has 0 aromatic heterocycles. The van der Waals surface area contributed by atoms with Gasteiger partial charge in [0, 0.05) is 38.3 Å². The van der Waals surface area contributed by atoms with Gasteiger partial charge in [0.2, 0.25) is 0 Å². The van der Waals surface area contributed by atoms with Gasteiger partial charge in [0.15, 0.2) is 0 Å². The summed E-state index contributed by atoms with van der Waals surface area (Å²) in [7, 11) is 0. The van der Waals surface area contributed by atoms with E-state index in [1.165, 1.54) is 0 Å². The van der Waals surface area contributed by atoms with Crippen LogP contribution in [0.1, 0.15) is 13.8 Å². The van der Waals surface area contributed by atoms with Crippen LogP contribution in [-0.2, 0) is 0 Å². The zero-order valence-electron chi connectivity index (χ0n) is 9.77. The second-order valence-corrected chi connectivity index (χ2v) is 3.18. The molecule has 0 aromatic carbocycles. The Labute approximate surface area is 124 Å². The topological polar surface area (TPSA) is 76.1 Å². The van der Waals surface area contributed by atoms with Crippen LogP contribution in [0.4, 0.5) is 0 Å². The maximum Gasteiger partial charge on any atom is 0.0162 e. The number of hydrogen-bond donors (Lipinski definition) is 4. The van der Waals surface area contributed by atoms with Crippen molar-refractivity contribution in [3.05, 3.63) is 0 Å². The zero-order chi connectivity index (χ0) is 9.40. The summed E-state index contributed by atoms with van der Waals surface area (Å²) >= 11 is 0. The molecule has 0 saturated heterocycles. The highest BCUT2D eigenvalue weighted by Gasteiger charge is 1.98. The average Bonchev–Trinajstić information content (AvgIpc) is 2.11. The van der Waals surface area contributed by atoms with E-state index in [0.29, 0.717) is 25.2 Å². The van der Waals surface area contributed by atoms with E-state index in [1.54, 1.807) is 0 Å². The highest BCUT2D eigenvalue weighted by Crippen LogP contribution is 1.76. The van der Waals surface area contributed by atoms with Gasteiger partial charge in [-0.1, -0.05) is 0 Å². The second-order valence-electron chi connectivity index (χ2n) is 3.18. The zero-order valence-corrected chi connectivity index (χ0v) is 13.0. The minimum atomic E-state index is 0. The van der Waals surface area contributed by atoms with E-state index in [4.69, 9.17) is 11.5 Å². The maximum absolute atomic E-state index is 5.44.